The Morgan fingerprint density at radius 1 is 1.61 bits per heavy atom. The molecule has 4 nitrogen and oxygen atoms in total. The van der Waals surface area contributed by atoms with E-state index in [1.807, 2.05) is 12.1 Å². The van der Waals surface area contributed by atoms with Crippen molar-refractivity contribution in [3.8, 4) is 5.75 Å². The van der Waals surface area contributed by atoms with Gasteiger partial charge in [-0.05, 0) is 26.0 Å². The SMILES string of the molecule is COc1cccnc1N1CC(CCl)OC(C)(C)C1. The molecule has 100 valence electrons. The number of morpholine rings is 1. The molecule has 2 heterocycles. The number of anilines is 1. The van der Waals surface area contributed by atoms with Crippen LogP contribution in [0.2, 0.25) is 0 Å². The molecule has 1 aromatic rings. The highest BCUT2D eigenvalue weighted by Gasteiger charge is 2.34. The highest BCUT2D eigenvalue weighted by Crippen LogP contribution is 2.30. The van der Waals surface area contributed by atoms with Gasteiger partial charge in [-0.25, -0.2) is 4.98 Å². The van der Waals surface area contributed by atoms with E-state index in [1.54, 1.807) is 13.3 Å². The Morgan fingerprint density at radius 2 is 2.39 bits per heavy atom. The van der Waals surface area contributed by atoms with Gasteiger partial charge in [0.15, 0.2) is 11.6 Å². The average Bonchev–Trinajstić information content (AvgIpc) is 2.36. The Bertz CT molecular complexity index is 412. The number of nitrogens with zero attached hydrogens (tertiary/aromatic N) is 2. The molecule has 0 spiro atoms. The largest absolute Gasteiger partial charge is 0.493 e. The molecule has 1 aliphatic heterocycles. The van der Waals surface area contributed by atoms with E-state index in [0.29, 0.717) is 5.88 Å². The van der Waals surface area contributed by atoms with Gasteiger partial charge in [-0.1, -0.05) is 0 Å². The molecule has 18 heavy (non-hydrogen) atoms. The summed E-state index contributed by atoms with van der Waals surface area (Å²) in [5, 5.41) is 0. The van der Waals surface area contributed by atoms with Crippen LogP contribution < -0.4 is 9.64 Å². The van der Waals surface area contributed by atoms with Gasteiger partial charge in [0.05, 0.1) is 24.7 Å². The highest BCUT2D eigenvalue weighted by atomic mass is 35.5. The average molecular weight is 271 g/mol. The Balaban J connectivity index is 2.26. The topological polar surface area (TPSA) is 34.6 Å². The summed E-state index contributed by atoms with van der Waals surface area (Å²) in [4.78, 5) is 6.59. The summed E-state index contributed by atoms with van der Waals surface area (Å²) < 4.78 is 11.3. The molecule has 0 saturated carbocycles. The third kappa shape index (κ3) is 2.87. The minimum absolute atomic E-state index is 0.0159. The van der Waals surface area contributed by atoms with Gasteiger partial charge in [0.2, 0.25) is 0 Å². The summed E-state index contributed by atoms with van der Waals surface area (Å²) in [6.45, 7) is 5.64. The summed E-state index contributed by atoms with van der Waals surface area (Å²) in [5.41, 5.74) is -0.236. The number of rotatable bonds is 3. The maximum atomic E-state index is 5.93. The monoisotopic (exact) mass is 270 g/mol. The van der Waals surface area contributed by atoms with E-state index >= 15 is 0 Å². The molecule has 0 amide bonds. The summed E-state index contributed by atoms with van der Waals surface area (Å²) >= 11 is 5.93. The van der Waals surface area contributed by atoms with Crippen LogP contribution in [0.25, 0.3) is 0 Å². The van der Waals surface area contributed by atoms with Crippen molar-refractivity contribution in [1.29, 1.82) is 0 Å². The van der Waals surface area contributed by atoms with E-state index in [1.165, 1.54) is 0 Å². The first-order chi connectivity index (χ1) is 8.55. The zero-order valence-corrected chi connectivity index (χ0v) is 11.8. The van der Waals surface area contributed by atoms with Crippen LogP contribution >= 0.6 is 11.6 Å². The molecule has 1 atom stereocenters. The fraction of sp³-hybridized carbons (Fsp3) is 0.615. The van der Waals surface area contributed by atoms with Crippen LogP contribution in [-0.4, -0.2) is 42.8 Å². The van der Waals surface area contributed by atoms with Crippen LogP contribution in [-0.2, 0) is 4.74 Å². The van der Waals surface area contributed by atoms with Gasteiger partial charge in [0, 0.05) is 19.3 Å². The second kappa shape index (κ2) is 5.33. The van der Waals surface area contributed by atoms with E-state index in [0.717, 1.165) is 24.7 Å². The fourth-order valence-corrected chi connectivity index (χ4v) is 2.48. The van der Waals surface area contributed by atoms with Crippen LogP contribution in [0, 0.1) is 0 Å². The van der Waals surface area contributed by atoms with Crippen molar-refractivity contribution >= 4 is 17.4 Å². The molecule has 2 rings (SSSR count). The van der Waals surface area contributed by atoms with Crippen molar-refractivity contribution in [2.45, 2.75) is 25.6 Å². The van der Waals surface area contributed by atoms with Gasteiger partial charge >= 0.3 is 0 Å². The Kier molecular flexibility index (Phi) is 3.97. The molecule has 0 aromatic carbocycles. The van der Waals surface area contributed by atoms with E-state index in [2.05, 4.69) is 23.7 Å². The molecule has 5 heteroatoms. The van der Waals surface area contributed by atoms with Crippen LogP contribution in [0.3, 0.4) is 0 Å². The minimum Gasteiger partial charge on any atom is -0.493 e. The first-order valence-electron chi connectivity index (χ1n) is 6.03. The van der Waals surface area contributed by atoms with Crippen LogP contribution in [0.15, 0.2) is 18.3 Å². The van der Waals surface area contributed by atoms with Crippen molar-refractivity contribution in [1.82, 2.24) is 4.98 Å². The van der Waals surface area contributed by atoms with E-state index < -0.39 is 0 Å². The summed E-state index contributed by atoms with van der Waals surface area (Å²) in [6.07, 6.45) is 1.79. The van der Waals surface area contributed by atoms with Gasteiger partial charge in [-0.3, -0.25) is 0 Å². The standard InChI is InChI=1S/C13H19ClN2O2/c1-13(2)9-16(8-10(7-14)18-13)12-11(17-3)5-4-6-15-12/h4-6,10H,7-9H2,1-3H3. The van der Waals surface area contributed by atoms with Gasteiger partial charge in [-0.15, -0.1) is 11.6 Å². The Labute approximate surface area is 113 Å². The van der Waals surface area contributed by atoms with Crippen molar-refractivity contribution in [2.75, 3.05) is 31.0 Å². The van der Waals surface area contributed by atoms with Crippen molar-refractivity contribution in [3.05, 3.63) is 18.3 Å². The van der Waals surface area contributed by atoms with E-state index in [4.69, 9.17) is 21.1 Å². The lowest BCUT2D eigenvalue weighted by atomic mass is 10.1. The molecule has 1 aromatic heterocycles. The normalized spacial score (nSPS) is 22.9. The van der Waals surface area contributed by atoms with E-state index in [9.17, 15) is 0 Å². The number of hydrogen-bond donors (Lipinski definition) is 0. The maximum absolute atomic E-state index is 5.93. The molecule has 1 saturated heterocycles. The van der Waals surface area contributed by atoms with Gasteiger partial charge < -0.3 is 14.4 Å². The first-order valence-corrected chi connectivity index (χ1v) is 6.57. The van der Waals surface area contributed by atoms with E-state index in [-0.39, 0.29) is 11.7 Å². The third-order valence-electron chi connectivity index (χ3n) is 2.92. The van der Waals surface area contributed by atoms with Crippen molar-refractivity contribution in [2.24, 2.45) is 0 Å². The molecule has 0 bridgehead atoms. The Morgan fingerprint density at radius 3 is 3.06 bits per heavy atom. The lowest BCUT2D eigenvalue weighted by Gasteiger charge is -2.43. The van der Waals surface area contributed by atoms with Gasteiger partial charge in [0.1, 0.15) is 0 Å². The smallest absolute Gasteiger partial charge is 0.171 e. The second-order valence-corrected chi connectivity index (χ2v) is 5.37. The molecule has 0 N–H and O–H groups in total. The van der Waals surface area contributed by atoms with Crippen LogP contribution in [0.4, 0.5) is 5.82 Å². The summed E-state index contributed by atoms with van der Waals surface area (Å²) in [5.74, 6) is 2.12. The number of pyridine rings is 1. The zero-order chi connectivity index (χ0) is 13.2. The minimum atomic E-state index is -0.236. The fourth-order valence-electron chi connectivity index (χ4n) is 2.32. The number of aromatic nitrogens is 1. The molecule has 1 fully saturated rings. The van der Waals surface area contributed by atoms with Gasteiger partial charge in [-0.2, -0.15) is 0 Å². The number of methoxy groups -OCH3 is 1. The quantitative estimate of drug-likeness (QED) is 0.790. The predicted octanol–water partition coefficient (Wildman–Crippen LogP) is 2.31. The van der Waals surface area contributed by atoms with Gasteiger partial charge in [0.25, 0.3) is 0 Å². The third-order valence-corrected chi connectivity index (χ3v) is 3.27. The molecule has 1 unspecified atom stereocenters. The molecular formula is C13H19ClN2O2. The van der Waals surface area contributed by atoms with Crippen LogP contribution in [0.1, 0.15) is 13.8 Å². The molecule has 1 aliphatic rings. The number of hydrogen-bond acceptors (Lipinski definition) is 4. The molecule has 0 radical (unpaired) electrons. The number of alkyl halides is 1. The molecule has 0 aliphatic carbocycles. The number of halogens is 1. The first kappa shape index (κ1) is 13.4. The lowest BCUT2D eigenvalue weighted by molar-refractivity contribution is -0.0737. The van der Waals surface area contributed by atoms with Crippen molar-refractivity contribution < 1.29 is 9.47 Å². The second-order valence-electron chi connectivity index (χ2n) is 5.06. The zero-order valence-electron chi connectivity index (χ0n) is 11.0. The van der Waals surface area contributed by atoms with Crippen molar-refractivity contribution in [3.63, 3.8) is 0 Å². The summed E-state index contributed by atoms with van der Waals surface area (Å²) in [7, 11) is 1.66. The number of ether oxygens (including phenoxy) is 2. The predicted molar refractivity (Wildman–Crippen MR) is 72.7 cm³/mol. The lowest BCUT2D eigenvalue weighted by Crippen LogP contribution is -2.53. The molecular weight excluding hydrogens is 252 g/mol. The van der Waals surface area contributed by atoms with Crippen LogP contribution in [0.5, 0.6) is 5.75 Å². The highest BCUT2D eigenvalue weighted by molar-refractivity contribution is 6.18. The maximum Gasteiger partial charge on any atom is 0.171 e. The Hall–Kier alpha value is -1.00. The summed E-state index contributed by atoms with van der Waals surface area (Å²) in [6, 6.07) is 3.79.